The molecule has 0 aromatic heterocycles. The van der Waals surface area contributed by atoms with E-state index in [9.17, 15) is 9.36 Å². The number of carbonyl (C=O) groups is 1. The second-order valence-electron chi connectivity index (χ2n) is 0.643. The minimum Gasteiger partial charge on any atom is -0.318 e. The molecular weight excluding hydrogens is 101 g/mol. The fourth-order valence-electron chi connectivity index (χ4n) is 0.0833. The maximum atomic E-state index is 9.50. The first-order chi connectivity index (χ1) is 2.91. The molecule has 0 rings (SSSR count). The van der Waals surface area contributed by atoms with Crippen molar-refractivity contribution >= 4 is 14.9 Å². The number of nitrogens with one attached hydrogen (secondary N) is 1. The van der Waals surface area contributed by atoms with Gasteiger partial charge < -0.3 is 5.32 Å². The zero-order chi connectivity index (χ0) is 4.83. The molecule has 0 aromatic carbocycles. The Bertz CT molecular complexity index is 47.5. The van der Waals surface area contributed by atoms with Crippen LogP contribution in [0, 0.1) is 0 Å². The van der Waals surface area contributed by atoms with Crippen molar-refractivity contribution in [1.82, 2.24) is 5.32 Å². The fourth-order valence-corrected chi connectivity index (χ4v) is 0.250. The number of carbonyl (C=O) groups excluding carboxylic acids is 1. The van der Waals surface area contributed by atoms with Crippen molar-refractivity contribution < 1.29 is 9.36 Å². The van der Waals surface area contributed by atoms with Crippen molar-refractivity contribution in [3.05, 3.63) is 0 Å². The van der Waals surface area contributed by atoms with E-state index in [4.69, 9.17) is 0 Å². The summed E-state index contributed by atoms with van der Waals surface area (Å²) in [5.74, 6) is 0. The van der Waals surface area contributed by atoms with Crippen molar-refractivity contribution in [3.63, 3.8) is 0 Å². The highest BCUT2D eigenvalue weighted by Gasteiger charge is 1.80. The molecule has 0 saturated carbocycles. The van der Waals surface area contributed by atoms with E-state index in [1.54, 1.807) is 0 Å². The first kappa shape index (κ1) is 5.57. The SMILES string of the molecule is O=CNC[PH+]=O. The molecule has 0 aliphatic rings. The van der Waals surface area contributed by atoms with E-state index in [2.05, 4.69) is 5.32 Å². The first-order valence-electron chi connectivity index (χ1n) is 1.44. The average molecular weight is 106 g/mol. The molecule has 0 aromatic rings. The number of hydrogen-bond acceptors (Lipinski definition) is 2. The van der Waals surface area contributed by atoms with Gasteiger partial charge in [-0.3, -0.25) is 4.79 Å². The lowest BCUT2D eigenvalue weighted by molar-refractivity contribution is -0.109. The first-order valence-corrected chi connectivity index (χ1v) is 2.55. The van der Waals surface area contributed by atoms with E-state index in [1.165, 1.54) is 0 Å². The molecule has 0 heterocycles. The summed E-state index contributed by atoms with van der Waals surface area (Å²) in [4.78, 5) is 9.32. The van der Waals surface area contributed by atoms with Crippen LogP contribution in [-0.2, 0) is 9.36 Å². The van der Waals surface area contributed by atoms with Crippen LogP contribution >= 0.6 is 8.46 Å². The van der Waals surface area contributed by atoms with Crippen LogP contribution in [0.15, 0.2) is 0 Å². The standard InChI is InChI=1S/C2H4NO2P/c4-1-3-2-6-5/h1H,2H2,(H,3,4)/p+1. The minimum absolute atomic E-state index is 0.267. The van der Waals surface area contributed by atoms with Crippen LogP contribution < -0.4 is 5.32 Å². The van der Waals surface area contributed by atoms with Gasteiger partial charge in [-0.25, -0.2) is 0 Å². The van der Waals surface area contributed by atoms with E-state index >= 15 is 0 Å². The number of rotatable bonds is 3. The lowest BCUT2D eigenvalue weighted by Gasteiger charge is -1.70. The van der Waals surface area contributed by atoms with E-state index in [1.807, 2.05) is 0 Å². The molecule has 0 aliphatic heterocycles. The molecule has 6 heavy (non-hydrogen) atoms. The predicted molar refractivity (Wildman–Crippen MR) is 23.1 cm³/mol. The molecule has 0 spiro atoms. The molecule has 1 amide bonds. The summed E-state index contributed by atoms with van der Waals surface area (Å²) < 4.78 is 9.50. The third-order valence-electron chi connectivity index (χ3n) is 0.258. The highest BCUT2D eigenvalue weighted by atomic mass is 31.1. The van der Waals surface area contributed by atoms with Gasteiger partial charge >= 0.3 is 8.46 Å². The molecule has 3 nitrogen and oxygen atoms in total. The van der Waals surface area contributed by atoms with E-state index < -0.39 is 8.46 Å². The highest BCUT2D eigenvalue weighted by molar-refractivity contribution is 7.23. The molecule has 1 unspecified atom stereocenters. The van der Waals surface area contributed by atoms with Crippen molar-refractivity contribution in [1.29, 1.82) is 0 Å². The minimum atomic E-state index is -0.428. The Morgan fingerprint density at radius 3 is 2.67 bits per heavy atom. The molecule has 0 fully saturated rings. The molecule has 0 saturated heterocycles. The van der Waals surface area contributed by atoms with Crippen molar-refractivity contribution in [2.45, 2.75) is 0 Å². The number of amides is 1. The van der Waals surface area contributed by atoms with Gasteiger partial charge in [0.05, 0.1) is 0 Å². The van der Waals surface area contributed by atoms with E-state index in [0.717, 1.165) is 0 Å². The van der Waals surface area contributed by atoms with Crippen LogP contribution in [0.1, 0.15) is 0 Å². The van der Waals surface area contributed by atoms with Crippen LogP contribution in [0.3, 0.4) is 0 Å². The maximum Gasteiger partial charge on any atom is 0.346 e. The van der Waals surface area contributed by atoms with Gasteiger partial charge in [0.1, 0.15) is 0 Å². The van der Waals surface area contributed by atoms with Gasteiger partial charge in [0.2, 0.25) is 12.7 Å². The summed E-state index contributed by atoms with van der Waals surface area (Å²) in [6.07, 6.45) is 0.786. The van der Waals surface area contributed by atoms with Gasteiger partial charge in [0.25, 0.3) is 0 Å². The predicted octanol–water partition coefficient (Wildman–Crippen LogP) is -0.286. The van der Waals surface area contributed by atoms with Gasteiger partial charge in [-0.1, -0.05) is 4.57 Å². The normalized spacial score (nSPS) is 8.00. The summed E-state index contributed by atoms with van der Waals surface area (Å²) in [6, 6.07) is 0. The molecule has 0 radical (unpaired) electrons. The fraction of sp³-hybridized carbons (Fsp3) is 0.500. The molecule has 4 heteroatoms. The molecule has 1 atom stereocenters. The Kier molecular flexibility index (Phi) is 4.24. The smallest absolute Gasteiger partial charge is 0.318 e. The Hall–Kier alpha value is -0.430. The van der Waals surface area contributed by atoms with Crippen molar-refractivity contribution in [3.8, 4) is 0 Å². The summed E-state index contributed by atoms with van der Waals surface area (Å²) in [7, 11) is -0.428. The molecule has 1 N–H and O–H groups in total. The van der Waals surface area contributed by atoms with Crippen LogP contribution in [0.2, 0.25) is 0 Å². The maximum absolute atomic E-state index is 9.50. The number of hydrogen-bond donors (Lipinski definition) is 1. The van der Waals surface area contributed by atoms with Crippen LogP contribution in [-0.4, -0.2) is 12.7 Å². The Morgan fingerprint density at radius 2 is 2.50 bits per heavy atom. The summed E-state index contributed by atoms with van der Waals surface area (Å²) in [6.45, 7) is 0. The largest absolute Gasteiger partial charge is 0.346 e. The van der Waals surface area contributed by atoms with Crippen LogP contribution in [0.25, 0.3) is 0 Å². The third-order valence-corrected chi connectivity index (χ3v) is 0.606. The Labute approximate surface area is 36.9 Å². The van der Waals surface area contributed by atoms with E-state index in [-0.39, 0.29) is 6.29 Å². The van der Waals surface area contributed by atoms with Crippen LogP contribution in [0.4, 0.5) is 0 Å². The second-order valence-corrected chi connectivity index (χ2v) is 1.29. The molecule has 0 bridgehead atoms. The zero-order valence-corrected chi connectivity index (χ0v) is 4.10. The quantitative estimate of drug-likeness (QED) is 0.305. The topological polar surface area (TPSA) is 46.2 Å². The lowest BCUT2D eigenvalue weighted by atomic mass is 11.2. The Balaban J connectivity index is 2.66. The second kappa shape index (κ2) is 4.57. The average Bonchev–Trinajstić information content (AvgIpc) is 1.61. The summed E-state index contributed by atoms with van der Waals surface area (Å²) in [5.41, 5.74) is 0. The van der Waals surface area contributed by atoms with Crippen LogP contribution in [0.5, 0.6) is 0 Å². The molecule has 34 valence electrons. The van der Waals surface area contributed by atoms with E-state index in [0.29, 0.717) is 6.41 Å². The van der Waals surface area contributed by atoms with Gasteiger partial charge in [-0.05, 0) is 0 Å². The zero-order valence-electron chi connectivity index (χ0n) is 3.10. The van der Waals surface area contributed by atoms with Crippen molar-refractivity contribution in [2.24, 2.45) is 0 Å². The third kappa shape index (κ3) is 3.57. The van der Waals surface area contributed by atoms with Gasteiger partial charge in [0, 0.05) is 0 Å². The monoisotopic (exact) mass is 106 g/mol. The van der Waals surface area contributed by atoms with Gasteiger partial charge in [-0.2, -0.15) is 0 Å². The summed E-state index contributed by atoms with van der Waals surface area (Å²) >= 11 is 0. The lowest BCUT2D eigenvalue weighted by Crippen LogP contribution is -2.05. The van der Waals surface area contributed by atoms with Gasteiger partial charge in [0.15, 0.2) is 0 Å². The molecule has 0 aliphatic carbocycles. The van der Waals surface area contributed by atoms with Crippen molar-refractivity contribution in [2.75, 3.05) is 6.29 Å². The summed E-state index contributed by atoms with van der Waals surface area (Å²) in [5, 5.41) is 2.22. The molecular formula is C2H5NO2P+. The highest BCUT2D eigenvalue weighted by Crippen LogP contribution is 1.80. The van der Waals surface area contributed by atoms with Gasteiger partial charge in [-0.15, -0.1) is 0 Å². The Morgan fingerprint density at radius 1 is 1.83 bits per heavy atom.